The van der Waals surface area contributed by atoms with Gasteiger partial charge in [0.2, 0.25) is 0 Å². The zero-order valence-corrected chi connectivity index (χ0v) is 13.9. The summed E-state index contributed by atoms with van der Waals surface area (Å²) in [5.74, 6) is 1.16. The molecule has 2 aromatic heterocycles. The summed E-state index contributed by atoms with van der Waals surface area (Å²) in [5, 5.41) is 4.75. The van der Waals surface area contributed by atoms with E-state index in [2.05, 4.69) is 20.3 Å². The average Bonchev–Trinajstić information content (AvgIpc) is 3.30. The van der Waals surface area contributed by atoms with Crippen LogP contribution in [0.1, 0.15) is 0 Å². The van der Waals surface area contributed by atoms with Gasteiger partial charge in [-0.3, -0.25) is 4.79 Å². The molecule has 4 rings (SSSR count). The molecule has 0 aliphatic carbocycles. The second kappa shape index (κ2) is 6.74. The molecule has 4 aromatic rings. The van der Waals surface area contributed by atoms with Gasteiger partial charge in [-0.1, -0.05) is 18.2 Å². The molecule has 0 unspecified atom stereocenters. The number of nitrogens with zero attached hydrogens (tertiary/aromatic N) is 2. The number of benzene rings is 2. The topological polar surface area (TPSA) is 79.9 Å². The van der Waals surface area contributed by atoms with E-state index in [-0.39, 0.29) is 12.5 Å². The summed E-state index contributed by atoms with van der Waals surface area (Å²) in [6, 6.07) is 14.8. The van der Waals surface area contributed by atoms with E-state index in [1.165, 1.54) is 11.3 Å². The molecule has 2 heterocycles. The molecule has 1 amide bonds. The number of anilines is 1. The Kier molecular flexibility index (Phi) is 4.14. The van der Waals surface area contributed by atoms with E-state index >= 15 is 0 Å². The van der Waals surface area contributed by atoms with Crippen molar-refractivity contribution in [2.75, 3.05) is 11.9 Å². The highest BCUT2D eigenvalue weighted by Gasteiger charge is 2.09. The number of hydrogen-bond acceptors (Lipinski definition) is 5. The van der Waals surface area contributed by atoms with Crippen molar-refractivity contribution in [2.24, 2.45) is 0 Å². The molecule has 0 aliphatic rings. The lowest BCUT2D eigenvalue weighted by molar-refractivity contribution is -0.118. The molecule has 25 heavy (non-hydrogen) atoms. The second-order valence-electron chi connectivity index (χ2n) is 5.34. The van der Waals surface area contributed by atoms with Crippen molar-refractivity contribution in [2.45, 2.75) is 0 Å². The number of hydrogen-bond donors (Lipinski definition) is 2. The minimum atomic E-state index is -0.220. The van der Waals surface area contributed by atoms with Crippen LogP contribution in [-0.2, 0) is 4.79 Å². The van der Waals surface area contributed by atoms with Crippen molar-refractivity contribution in [3.05, 3.63) is 59.4 Å². The third kappa shape index (κ3) is 3.51. The fourth-order valence-corrected chi connectivity index (χ4v) is 2.94. The fourth-order valence-electron chi connectivity index (χ4n) is 2.40. The van der Waals surface area contributed by atoms with Crippen LogP contribution in [0.3, 0.4) is 0 Å². The highest BCUT2D eigenvalue weighted by atomic mass is 32.1. The summed E-state index contributed by atoms with van der Waals surface area (Å²) >= 11 is 1.52. The summed E-state index contributed by atoms with van der Waals surface area (Å²) in [7, 11) is 0. The number of aromatic amines is 1. The number of imidazole rings is 1. The molecule has 0 atom stereocenters. The number of ether oxygens (including phenoxy) is 1. The van der Waals surface area contributed by atoms with Crippen LogP contribution in [0, 0.1) is 0 Å². The van der Waals surface area contributed by atoms with Gasteiger partial charge in [0, 0.05) is 11.1 Å². The van der Waals surface area contributed by atoms with Crippen LogP contribution in [0.5, 0.6) is 5.75 Å². The molecular formula is C18H14N4O2S. The quantitative estimate of drug-likeness (QED) is 0.575. The Morgan fingerprint density at radius 3 is 2.88 bits per heavy atom. The number of H-pyrrole nitrogens is 1. The molecule has 0 spiro atoms. The van der Waals surface area contributed by atoms with Crippen molar-refractivity contribution in [3.63, 3.8) is 0 Å². The lowest BCUT2D eigenvalue weighted by Gasteiger charge is -2.07. The molecule has 0 radical (unpaired) electrons. The molecule has 0 saturated carbocycles. The first-order chi connectivity index (χ1) is 12.3. The van der Waals surface area contributed by atoms with Crippen molar-refractivity contribution in [1.82, 2.24) is 15.0 Å². The third-order valence-electron chi connectivity index (χ3n) is 3.55. The normalized spacial score (nSPS) is 10.7. The minimum absolute atomic E-state index is 0.0465. The molecular weight excluding hydrogens is 336 g/mol. The molecule has 124 valence electrons. The van der Waals surface area contributed by atoms with Crippen LogP contribution in [0.25, 0.3) is 22.6 Å². The van der Waals surface area contributed by atoms with Crippen LogP contribution < -0.4 is 10.1 Å². The van der Waals surface area contributed by atoms with Crippen LogP contribution in [0.2, 0.25) is 0 Å². The van der Waals surface area contributed by atoms with E-state index in [1.54, 1.807) is 5.51 Å². The van der Waals surface area contributed by atoms with E-state index in [1.807, 2.05) is 53.9 Å². The maximum Gasteiger partial charge on any atom is 0.262 e. The molecule has 0 aliphatic heterocycles. The Labute approximate surface area is 147 Å². The predicted octanol–water partition coefficient (Wildman–Crippen LogP) is 3.70. The van der Waals surface area contributed by atoms with Gasteiger partial charge in [0.25, 0.3) is 5.91 Å². The molecule has 7 heteroatoms. The van der Waals surface area contributed by atoms with Gasteiger partial charge in [-0.05, 0) is 30.3 Å². The maximum atomic E-state index is 12.0. The molecule has 2 N–H and O–H groups in total. The van der Waals surface area contributed by atoms with E-state index in [0.29, 0.717) is 17.3 Å². The first kappa shape index (κ1) is 15.3. The minimum Gasteiger partial charge on any atom is -0.484 e. The van der Waals surface area contributed by atoms with E-state index < -0.39 is 0 Å². The number of para-hydroxylation sites is 1. The Morgan fingerprint density at radius 2 is 2.08 bits per heavy atom. The molecule has 2 aromatic carbocycles. The molecule has 0 saturated heterocycles. The first-order valence-corrected chi connectivity index (χ1v) is 8.58. The number of carbonyl (C=O) groups excluding carboxylic acids is 1. The van der Waals surface area contributed by atoms with Gasteiger partial charge in [0.1, 0.15) is 11.4 Å². The molecule has 0 fully saturated rings. The zero-order valence-electron chi connectivity index (χ0n) is 13.1. The monoisotopic (exact) mass is 350 g/mol. The van der Waals surface area contributed by atoms with E-state index in [0.717, 1.165) is 16.7 Å². The Hall–Kier alpha value is -3.19. The van der Waals surface area contributed by atoms with E-state index in [4.69, 9.17) is 4.74 Å². The molecule has 0 bridgehead atoms. The third-order valence-corrected chi connectivity index (χ3v) is 4.14. The van der Waals surface area contributed by atoms with Crippen molar-refractivity contribution >= 4 is 34.0 Å². The number of carbonyl (C=O) groups is 1. The summed E-state index contributed by atoms with van der Waals surface area (Å²) < 4.78 is 5.44. The highest BCUT2D eigenvalue weighted by Crippen LogP contribution is 2.22. The summed E-state index contributed by atoms with van der Waals surface area (Å²) in [4.78, 5) is 24.0. The maximum absolute atomic E-state index is 12.0. The largest absolute Gasteiger partial charge is 0.484 e. The van der Waals surface area contributed by atoms with Gasteiger partial charge in [-0.15, -0.1) is 11.3 Å². The van der Waals surface area contributed by atoms with Gasteiger partial charge in [0.05, 0.1) is 16.5 Å². The van der Waals surface area contributed by atoms with Crippen molar-refractivity contribution in [1.29, 1.82) is 0 Å². The smallest absolute Gasteiger partial charge is 0.262 e. The number of aromatic nitrogens is 3. The van der Waals surface area contributed by atoms with Crippen LogP contribution in [0.4, 0.5) is 5.69 Å². The number of amides is 1. The van der Waals surface area contributed by atoms with Crippen molar-refractivity contribution in [3.8, 4) is 17.3 Å². The van der Waals surface area contributed by atoms with Gasteiger partial charge in [0.15, 0.2) is 12.4 Å². The first-order valence-electron chi connectivity index (χ1n) is 7.64. The van der Waals surface area contributed by atoms with Gasteiger partial charge < -0.3 is 15.0 Å². The molecule has 6 nitrogen and oxygen atoms in total. The lowest BCUT2D eigenvalue weighted by Crippen LogP contribution is -2.20. The SMILES string of the molecule is O=C(COc1ccccc1)Nc1ccc2nc(-c3cscn3)[nH]c2c1. The van der Waals surface area contributed by atoms with Crippen LogP contribution in [-0.4, -0.2) is 27.5 Å². The van der Waals surface area contributed by atoms with Crippen molar-refractivity contribution < 1.29 is 9.53 Å². The Bertz CT molecular complexity index is 997. The number of fused-ring (bicyclic) bond motifs is 1. The Morgan fingerprint density at radius 1 is 1.20 bits per heavy atom. The number of rotatable bonds is 5. The Balaban J connectivity index is 1.45. The van der Waals surface area contributed by atoms with Gasteiger partial charge >= 0.3 is 0 Å². The standard InChI is InChI=1S/C18H14N4O2S/c23-17(9-24-13-4-2-1-3-5-13)20-12-6-7-14-15(8-12)22-18(21-14)16-10-25-11-19-16/h1-8,10-11H,9H2,(H,20,23)(H,21,22). The van der Waals surface area contributed by atoms with Crippen LogP contribution >= 0.6 is 11.3 Å². The summed E-state index contributed by atoms with van der Waals surface area (Å²) in [5.41, 5.74) is 4.91. The summed E-state index contributed by atoms with van der Waals surface area (Å²) in [6.07, 6.45) is 0. The van der Waals surface area contributed by atoms with Gasteiger partial charge in [-0.2, -0.15) is 0 Å². The lowest BCUT2D eigenvalue weighted by atomic mass is 10.3. The average molecular weight is 350 g/mol. The predicted molar refractivity (Wildman–Crippen MR) is 97.8 cm³/mol. The van der Waals surface area contributed by atoms with Gasteiger partial charge in [-0.25, -0.2) is 9.97 Å². The number of nitrogens with one attached hydrogen (secondary N) is 2. The zero-order chi connectivity index (χ0) is 17.1. The summed E-state index contributed by atoms with van der Waals surface area (Å²) in [6.45, 7) is -0.0465. The van der Waals surface area contributed by atoms with E-state index in [9.17, 15) is 4.79 Å². The number of thiazole rings is 1. The highest BCUT2D eigenvalue weighted by molar-refractivity contribution is 7.07. The van der Waals surface area contributed by atoms with Crippen LogP contribution in [0.15, 0.2) is 59.4 Å². The second-order valence-corrected chi connectivity index (χ2v) is 6.06. The fraction of sp³-hybridized carbons (Fsp3) is 0.0556.